The average Bonchev–Trinajstić information content (AvgIpc) is 2.77. The number of hydrogen-bond donors (Lipinski definition) is 3. The first kappa shape index (κ1) is 23.8. The fourth-order valence-electron chi connectivity index (χ4n) is 2.70. The van der Waals surface area contributed by atoms with E-state index in [4.69, 9.17) is 10.3 Å². The molecule has 1 amide bonds. The number of nitrogens with two attached hydrogens (primary N) is 1. The number of aromatic nitrogens is 1. The van der Waals surface area contributed by atoms with Gasteiger partial charge in [0.05, 0.1) is 6.04 Å². The quantitative estimate of drug-likeness (QED) is 0.606. The number of nitrogens with one attached hydrogen (secondary N) is 2. The third-order valence-electron chi connectivity index (χ3n) is 3.70. The fourth-order valence-corrected chi connectivity index (χ4v) is 4.23. The molecule has 0 aliphatic rings. The Hall–Kier alpha value is -1.16. The minimum Gasteiger partial charge on any atom is -0.360 e. The molecule has 0 aromatic carbocycles. The number of hydrogen-bond acceptors (Lipinski definition) is 6. The average molecular weight is 397 g/mol. The van der Waals surface area contributed by atoms with Crippen LogP contribution in [-0.4, -0.2) is 37.6 Å². The summed E-state index contributed by atoms with van der Waals surface area (Å²) in [4.78, 5) is 12.3. The zero-order chi connectivity index (χ0) is 18.7. The predicted octanol–water partition coefficient (Wildman–Crippen LogP) is 1.26. The Balaban J connectivity index is 0.00000576. The standard InChI is InChI=1S/C15H28N4O4S.ClH/c1-9(2)7-15(6,8-16)17-14(20)11(4)19-24(21,22)13-10(3)18-23-12(13)5;/h9,11,19H,7-8,16H2,1-6H3,(H,17,20);1H. The number of carbonyl (C=O) groups excluding carboxylic acids is 1. The van der Waals surface area contributed by atoms with E-state index < -0.39 is 27.5 Å². The van der Waals surface area contributed by atoms with E-state index in [-0.39, 0.29) is 35.3 Å². The van der Waals surface area contributed by atoms with Crippen LogP contribution in [-0.2, 0) is 14.8 Å². The lowest BCUT2D eigenvalue weighted by Crippen LogP contribution is -2.57. The van der Waals surface area contributed by atoms with Crippen LogP contribution in [0.1, 0.15) is 45.6 Å². The molecule has 0 aliphatic carbocycles. The van der Waals surface area contributed by atoms with Gasteiger partial charge >= 0.3 is 0 Å². The zero-order valence-electron chi connectivity index (χ0n) is 15.5. The summed E-state index contributed by atoms with van der Waals surface area (Å²) in [6, 6.07) is -0.957. The van der Waals surface area contributed by atoms with E-state index in [0.29, 0.717) is 12.3 Å². The Labute approximate surface area is 155 Å². The highest BCUT2D eigenvalue weighted by Gasteiger charge is 2.31. The number of nitrogens with zero attached hydrogens (tertiary/aromatic N) is 1. The van der Waals surface area contributed by atoms with Gasteiger partial charge in [-0.15, -0.1) is 12.4 Å². The molecule has 2 atom stereocenters. The highest BCUT2D eigenvalue weighted by atomic mass is 35.5. The molecule has 0 aliphatic heterocycles. The molecule has 10 heteroatoms. The lowest BCUT2D eigenvalue weighted by molar-refractivity contribution is -0.124. The summed E-state index contributed by atoms with van der Waals surface area (Å²) in [6.45, 7) is 10.7. The Morgan fingerprint density at radius 1 is 1.32 bits per heavy atom. The normalized spacial score (nSPS) is 15.4. The molecule has 0 spiro atoms. The van der Waals surface area contributed by atoms with Gasteiger partial charge in [-0.2, -0.15) is 4.72 Å². The molecule has 2 unspecified atom stereocenters. The highest BCUT2D eigenvalue weighted by molar-refractivity contribution is 7.89. The summed E-state index contributed by atoms with van der Waals surface area (Å²) in [5.41, 5.74) is 5.43. The summed E-state index contributed by atoms with van der Waals surface area (Å²) in [5, 5.41) is 6.47. The van der Waals surface area contributed by atoms with Crippen molar-refractivity contribution < 1.29 is 17.7 Å². The van der Waals surface area contributed by atoms with E-state index in [9.17, 15) is 13.2 Å². The predicted molar refractivity (Wildman–Crippen MR) is 98.1 cm³/mol. The van der Waals surface area contributed by atoms with Gasteiger partial charge in [-0.3, -0.25) is 4.79 Å². The summed E-state index contributed by atoms with van der Waals surface area (Å²) < 4.78 is 32.1. The molecule has 146 valence electrons. The molecular weight excluding hydrogens is 368 g/mol. The molecule has 25 heavy (non-hydrogen) atoms. The van der Waals surface area contributed by atoms with Crippen molar-refractivity contribution in [3.8, 4) is 0 Å². The van der Waals surface area contributed by atoms with Gasteiger partial charge in [0.15, 0.2) is 5.76 Å². The van der Waals surface area contributed by atoms with Crippen LogP contribution in [0.4, 0.5) is 0 Å². The van der Waals surface area contributed by atoms with Crippen LogP contribution in [0.5, 0.6) is 0 Å². The fraction of sp³-hybridized carbons (Fsp3) is 0.733. The maximum Gasteiger partial charge on any atom is 0.246 e. The zero-order valence-corrected chi connectivity index (χ0v) is 17.2. The molecule has 0 saturated carbocycles. The van der Waals surface area contributed by atoms with Crippen LogP contribution in [0, 0.1) is 19.8 Å². The lowest BCUT2D eigenvalue weighted by Gasteiger charge is -2.32. The second-order valence-corrected chi connectivity index (χ2v) is 8.50. The van der Waals surface area contributed by atoms with Crippen LogP contribution >= 0.6 is 12.4 Å². The van der Waals surface area contributed by atoms with E-state index in [1.807, 2.05) is 20.8 Å². The Morgan fingerprint density at radius 3 is 2.28 bits per heavy atom. The second kappa shape index (κ2) is 8.98. The first-order valence-electron chi connectivity index (χ1n) is 7.89. The van der Waals surface area contributed by atoms with Crippen molar-refractivity contribution in [2.45, 2.75) is 64.4 Å². The van der Waals surface area contributed by atoms with Gasteiger partial charge < -0.3 is 15.6 Å². The van der Waals surface area contributed by atoms with E-state index >= 15 is 0 Å². The van der Waals surface area contributed by atoms with E-state index in [1.165, 1.54) is 20.8 Å². The third kappa shape index (κ3) is 6.25. The van der Waals surface area contributed by atoms with Gasteiger partial charge in [-0.25, -0.2) is 8.42 Å². The SMILES string of the molecule is Cc1noc(C)c1S(=O)(=O)NC(C)C(=O)NC(C)(CN)CC(C)C.Cl. The molecule has 1 aromatic heterocycles. The Kier molecular flexibility index (Phi) is 8.56. The maximum absolute atomic E-state index is 12.4. The van der Waals surface area contributed by atoms with Crippen molar-refractivity contribution >= 4 is 28.3 Å². The molecule has 0 bridgehead atoms. The number of rotatable bonds is 8. The number of aryl methyl sites for hydroxylation is 2. The van der Waals surface area contributed by atoms with Crippen molar-refractivity contribution in [3.05, 3.63) is 11.5 Å². The molecule has 0 saturated heterocycles. The number of halogens is 1. The third-order valence-corrected chi connectivity index (χ3v) is 5.48. The summed E-state index contributed by atoms with van der Waals surface area (Å²) in [6.07, 6.45) is 0.693. The van der Waals surface area contributed by atoms with Crippen LogP contribution in [0.15, 0.2) is 9.42 Å². The summed E-state index contributed by atoms with van der Waals surface area (Å²) in [7, 11) is -3.91. The minimum atomic E-state index is -3.91. The topological polar surface area (TPSA) is 127 Å². The molecule has 0 radical (unpaired) electrons. The van der Waals surface area contributed by atoms with Crippen molar-refractivity contribution in [2.75, 3.05) is 6.54 Å². The molecule has 1 aromatic rings. The Morgan fingerprint density at radius 2 is 1.88 bits per heavy atom. The molecule has 0 fully saturated rings. The van der Waals surface area contributed by atoms with Gasteiger partial charge in [0.2, 0.25) is 15.9 Å². The van der Waals surface area contributed by atoms with Crippen LogP contribution < -0.4 is 15.8 Å². The monoisotopic (exact) mass is 396 g/mol. The van der Waals surface area contributed by atoms with Crippen molar-refractivity contribution in [1.29, 1.82) is 0 Å². The first-order valence-corrected chi connectivity index (χ1v) is 9.37. The van der Waals surface area contributed by atoms with Gasteiger partial charge in [0, 0.05) is 12.1 Å². The van der Waals surface area contributed by atoms with Gasteiger partial charge in [-0.05, 0) is 40.0 Å². The summed E-state index contributed by atoms with van der Waals surface area (Å²) >= 11 is 0. The van der Waals surface area contributed by atoms with Gasteiger partial charge in [0.25, 0.3) is 0 Å². The van der Waals surface area contributed by atoms with Crippen LogP contribution in [0.3, 0.4) is 0 Å². The summed E-state index contributed by atoms with van der Waals surface area (Å²) in [5.74, 6) is 0.0892. The van der Waals surface area contributed by atoms with E-state index in [0.717, 1.165) is 0 Å². The molecule has 4 N–H and O–H groups in total. The number of amides is 1. The van der Waals surface area contributed by atoms with Crippen molar-refractivity contribution in [1.82, 2.24) is 15.2 Å². The minimum absolute atomic E-state index is 0. The van der Waals surface area contributed by atoms with Crippen LogP contribution in [0.2, 0.25) is 0 Å². The Bertz CT molecular complexity index is 670. The molecule has 1 rings (SSSR count). The van der Waals surface area contributed by atoms with Crippen LogP contribution in [0.25, 0.3) is 0 Å². The largest absolute Gasteiger partial charge is 0.360 e. The van der Waals surface area contributed by atoms with Gasteiger partial charge in [0.1, 0.15) is 10.6 Å². The molecule has 8 nitrogen and oxygen atoms in total. The van der Waals surface area contributed by atoms with E-state index in [1.54, 1.807) is 0 Å². The lowest BCUT2D eigenvalue weighted by atomic mass is 9.90. The van der Waals surface area contributed by atoms with Gasteiger partial charge in [-0.1, -0.05) is 19.0 Å². The highest BCUT2D eigenvalue weighted by Crippen LogP contribution is 2.19. The van der Waals surface area contributed by atoms with E-state index in [2.05, 4.69) is 15.2 Å². The first-order chi connectivity index (χ1) is 10.9. The number of sulfonamides is 1. The molecular formula is C15H29ClN4O4S. The van der Waals surface area contributed by atoms with Crippen molar-refractivity contribution in [2.24, 2.45) is 11.7 Å². The maximum atomic E-state index is 12.4. The number of carbonyl (C=O) groups is 1. The molecule has 1 heterocycles. The smallest absolute Gasteiger partial charge is 0.246 e. The second-order valence-electron chi connectivity index (χ2n) is 6.85. The van der Waals surface area contributed by atoms with Crippen molar-refractivity contribution in [3.63, 3.8) is 0 Å².